The van der Waals surface area contributed by atoms with Gasteiger partial charge in [0.2, 0.25) is 0 Å². The first-order valence-electron chi connectivity index (χ1n) is 7.29. The van der Waals surface area contributed by atoms with Crippen LogP contribution < -0.4 is 5.32 Å². The average Bonchev–Trinajstić information content (AvgIpc) is 2.30. The second-order valence-electron chi connectivity index (χ2n) is 5.92. The molecule has 2 heterocycles. The minimum Gasteiger partial charge on any atom is -0.317 e. The molecule has 0 radical (unpaired) electrons. The van der Waals surface area contributed by atoms with Crippen molar-refractivity contribution in [2.75, 3.05) is 38.5 Å². The van der Waals surface area contributed by atoms with Gasteiger partial charge in [0.15, 0.2) is 0 Å². The van der Waals surface area contributed by atoms with Crippen LogP contribution in [0.1, 0.15) is 39.5 Å². The lowest BCUT2D eigenvalue weighted by atomic mass is 9.75. The molecule has 0 spiro atoms. The molecule has 100 valence electrons. The highest BCUT2D eigenvalue weighted by Gasteiger charge is 2.33. The van der Waals surface area contributed by atoms with E-state index < -0.39 is 0 Å². The summed E-state index contributed by atoms with van der Waals surface area (Å²) in [7, 11) is 0. The van der Waals surface area contributed by atoms with Gasteiger partial charge >= 0.3 is 0 Å². The molecular formula is C14H28N2S. The molecule has 2 rings (SSSR count). The summed E-state index contributed by atoms with van der Waals surface area (Å²) in [6.07, 6.45) is 5.54. The maximum atomic E-state index is 3.52. The Bertz CT molecular complexity index is 221. The highest BCUT2D eigenvalue weighted by molar-refractivity contribution is 7.99. The molecule has 0 aliphatic carbocycles. The fourth-order valence-electron chi connectivity index (χ4n) is 3.48. The smallest absolute Gasteiger partial charge is 0.0147 e. The zero-order valence-corrected chi connectivity index (χ0v) is 12.3. The summed E-state index contributed by atoms with van der Waals surface area (Å²) in [5.41, 5.74) is 0.627. The zero-order valence-electron chi connectivity index (χ0n) is 11.5. The Labute approximate surface area is 111 Å². The molecule has 1 atom stereocenters. The highest BCUT2D eigenvalue weighted by Crippen LogP contribution is 2.35. The third-order valence-electron chi connectivity index (χ3n) is 4.33. The van der Waals surface area contributed by atoms with Crippen molar-refractivity contribution in [3.05, 3.63) is 0 Å². The van der Waals surface area contributed by atoms with Crippen molar-refractivity contribution in [1.82, 2.24) is 10.2 Å². The number of nitrogens with one attached hydrogen (secondary N) is 1. The van der Waals surface area contributed by atoms with Gasteiger partial charge in [0.1, 0.15) is 0 Å². The number of rotatable bonds is 4. The second-order valence-corrected chi connectivity index (χ2v) is 7.46. The van der Waals surface area contributed by atoms with Gasteiger partial charge in [-0.25, -0.2) is 0 Å². The van der Waals surface area contributed by atoms with Crippen LogP contribution in [0.15, 0.2) is 0 Å². The van der Waals surface area contributed by atoms with E-state index in [0.717, 1.165) is 5.25 Å². The Morgan fingerprint density at radius 1 is 1.35 bits per heavy atom. The minimum absolute atomic E-state index is 0.627. The maximum Gasteiger partial charge on any atom is 0.0147 e. The van der Waals surface area contributed by atoms with Crippen LogP contribution in [0, 0.1) is 5.41 Å². The van der Waals surface area contributed by atoms with Crippen molar-refractivity contribution < 1.29 is 0 Å². The summed E-state index contributed by atoms with van der Waals surface area (Å²) < 4.78 is 0. The van der Waals surface area contributed by atoms with Crippen LogP contribution in [0.3, 0.4) is 0 Å². The first kappa shape index (κ1) is 13.7. The van der Waals surface area contributed by atoms with Gasteiger partial charge in [-0.2, -0.15) is 11.8 Å². The molecule has 0 aromatic heterocycles. The van der Waals surface area contributed by atoms with Crippen LogP contribution in [-0.2, 0) is 0 Å². The van der Waals surface area contributed by atoms with E-state index in [9.17, 15) is 0 Å². The van der Waals surface area contributed by atoms with E-state index in [4.69, 9.17) is 0 Å². The van der Waals surface area contributed by atoms with Gasteiger partial charge in [0.05, 0.1) is 0 Å². The van der Waals surface area contributed by atoms with E-state index >= 15 is 0 Å². The first-order valence-corrected chi connectivity index (χ1v) is 8.34. The molecular weight excluding hydrogens is 228 g/mol. The van der Waals surface area contributed by atoms with Crippen molar-refractivity contribution in [1.29, 1.82) is 0 Å². The van der Waals surface area contributed by atoms with Crippen LogP contribution in [0.25, 0.3) is 0 Å². The summed E-state index contributed by atoms with van der Waals surface area (Å²) in [4.78, 5) is 2.74. The van der Waals surface area contributed by atoms with Crippen LogP contribution in [0.4, 0.5) is 0 Å². The molecule has 17 heavy (non-hydrogen) atoms. The number of hydrogen-bond donors (Lipinski definition) is 1. The van der Waals surface area contributed by atoms with Gasteiger partial charge in [0, 0.05) is 30.6 Å². The molecule has 2 aliphatic rings. The third-order valence-corrected chi connectivity index (χ3v) is 5.47. The Kier molecular flexibility index (Phi) is 5.19. The lowest BCUT2D eigenvalue weighted by Gasteiger charge is -2.43. The normalized spacial score (nSPS) is 30.4. The predicted molar refractivity (Wildman–Crippen MR) is 77.8 cm³/mol. The number of thioether (sulfide) groups is 1. The standard InChI is InChI=1S/C14H28N2S/c1-3-4-14(5-7-15-8-6-14)12-16-9-10-17-13(2)11-16/h13,15H,3-12H2,1-2H3. The maximum absolute atomic E-state index is 3.52. The summed E-state index contributed by atoms with van der Waals surface area (Å²) >= 11 is 2.14. The topological polar surface area (TPSA) is 15.3 Å². The van der Waals surface area contributed by atoms with E-state index in [1.165, 1.54) is 64.2 Å². The second kappa shape index (κ2) is 6.44. The third kappa shape index (κ3) is 3.87. The lowest BCUT2D eigenvalue weighted by molar-refractivity contribution is 0.103. The van der Waals surface area contributed by atoms with Gasteiger partial charge in [-0.05, 0) is 37.8 Å². The minimum atomic E-state index is 0.627. The molecule has 0 saturated carbocycles. The quantitative estimate of drug-likeness (QED) is 0.832. The monoisotopic (exact) mass is 256 g/mol. The molecule has 0 aromatic carbocycles. The Morgan fingerprint density at radius 2 is 2.12 bits per heavy atom. The summed E-state index contributed by atoms with van der Waals surface area (Å²) in [5, 5.41) is 4.36. The fraction of sp³-hybridized carbons (Fsp3) is 1.00. The van der Waals surface area contributed by atoms with Crippen LogP contribution in [-0.4, -0.2) is 48.6 Å². The molecule has 0 bridgehead atoms. The average molecular weight is 256 g/mol. The van der Waals surface area contributed by atoms with Gasteiger partial charge in [-0.1, -0.05) is 20.3 Å². The largest absolute Gasteiger partial charge is 0.317 e. The van der Waals surface area contributed by atoms with Gasteiger partial charge in [-0.15, -0.1) is 0 Å². The van der Waals surface area contributed by atoms with Crippen molar-refractivity contribution >= 4 is 11.8 Å². The van der Waals surface area contributed by atoms with Gasteiger partial charge < -0.3 is 10.2 Å². The molecule has 1 N–H and O–H groups in total. The van der Waals surface area contributed by atoms with E-state index in [1.54, 1.807) is 0 Å². The lowest BCUT2D eigenvalue weighted by Crippen LogP contribution is -2.48. The molecule has 2 nitrogen and oxygen atoms in total. The molecule has 2 saturated heterocycles. The predicted octanol–water partition coefficient (Wildman–Crippen LogP) is 2.59. The van der Waals surface area contributed by atoms with Crippen LogP contribution >= 0.6 is 11.8 Å². The summed E-state index contributed by atoms with van der Waals surface area (Å²) in [6.45, 7) is 11.2. The molecule has 3 heteroatoms. The first-order chi connectivity index (χ1) is 8.24. The van der Waals surface area contributed by atoms with E-state index in [-0.39, 0.29) is 0 Å². The van der Waals surface area contributed by atoms with E-state index in [1.807, 2.05) is 0 Å². The SMILES string of the molecule is CCCC1(CN2CCSC(C)C2)CCNCC1. The number of hydrogen-bond acceptors (Lipinski definition) is 3. The van der Waals surface area contributed by atoms with E-state index in [2.05, 4.69) is 35.8 Å². The highest BCUT2D eigenvalue weighted by atomic mass is 32.2. The van der Waals surface area contributed by atoms with Gasteiger partial charge in [-0.3, -0.25) is 0 Å². The van der Waals surface area contributed by atoms with Crippen LogP contribution in [0.5, 0.6) is 0 Å². The van der Waals surface area contributed by atoms with Crippen molar-refractivity contribution in [2.24, 2.45) is 5.41 Å². The molecule has 1 unspecified atom stereocenters. The Balaban J connectivity index is 1.91. The van der Waals surface area contributed by atoms with E-state index in [0.29, 0.717) is 5.41 Å². The number of piperidine rings is 1. The zero-order chi connectivity index (χ0) is 12.1. The number of nitrogens with zero attached hydrogens (tertiary/aromatic N) is 1. The molecule has 0 amide bonds. The van der Waals surface area contributed by atoms with Crippen molar-refractivity contribution in [3.8, 4) is 0 Å². The fourth-order valence-corrected chi connectivity index (χ4v) is 4.57. The Morgan fingerprint density at radius 3 is 2.76 bits per heavy atom. The summed E-state index contributed by atoms with van der Waals surface area (Å²) in [6, 6.07) is 0. The molecule has 2 aliphatic heterocycles. The Hall–Kier alpha value is 0.270. The summed E-state index contributed by atoms with van der Waals surface area (Å²) in [5.74, 6) is 1.33. The van der Waals surface area contributed by atoms with Gasteiger partial charge in [0.25, 0.3) is 0 Å². The molecule has 0 aromatic rings. The van der Waals surface area contributed by atoms with Crippen molar-refractivity contribution in [3.63, 3.8) is 0 Å². The molecule has 2 fully saturated rings. The van der Waals surface area contributed by atoms with Crippen LogP contribution in [0.2, 0.25) is 0 Å². The van der Waals surface area contributed by atoms with Crippen molar-refractivity contribution in [2.45, 2.75) is 44.8 Å².